The zero-order chi connectivity index (χ0) is 8.97. The van der Waals surface area contributed by atoms with E-state index in [9.17, 15) is 0 Å². The lowest BCUT2D eigenvalue weighted by atomic mass is 10.4. The van der Waals surface area contributed by atoms with E-state index in [4.69, 9.17) is 4.74 Å². The molecule has 0 aliphatic carbocycles. The van der Waals surface area contributed by atoms with Crippen molar-refractivity contribution in [1.82, 2.24) is 10.2 Å². The Morgan fingerprint density at radius 1 is 1.33 bits per heavy atom. The van der Waals surface area contributed by atoms with Crippen LogP contribution in [0.15, 0.2) is 12.1 Å². The molecule has 0 fully saturated rings. The van der Waals surface area contributed by atoms with E-state index >= 15 is 0 Å². The van der Waals surface area contributed by atoms with Crippen molar-refractivity contribution in [3.63, 3.8) is 0 Å². The second-order valence-electron chi connectivity index (χ2n) is 2.76. The molecule has 1 rings (SSSR count). The van der Waals surface area contributed by atoms with Gasteiger partial charge >= 0.3 is 0 Å². The van der Waals surface area contributed by atoms with Crippen LogP contribution in [0, 0.1) is 0 Å². The van der Waals surface area contributed by atoms with Crippen LogP contribution in [0.3, 0.4) is 0 Å². The number of ether oxygens (including phenoxy) is 1. The molecule has 0 radical (unpaired) electrons. The highest BCUT2D eigenvalue weighted by molar-refractivity contribution is 5.34. The van der Waals surface area contributed by atoms with E-state index in [1.165, 1.54) is 0 Å². The van der Waals surface area contributed by atoms with E-state index in [-0.39, 0.29) is 0 Å². The van der Waals surface area contributed by atoms with Crippen LogP contribution in [-0.4, -0.2) is 23.3 Å². The lowest BCUT2D eigenvalue weighted by molar-refractivity contribution is 0.392. The quantitative estimate of drug-likeness (QED) is 0.737. The van der Waals surface area contributed by atoms with E-state index in [1.54, 1.807) is 13.2 Å². The van der Waals surface area contributed by atoms with Gasteiger partial charge < -0.3 is 10.1 Å². The number of hydrogen-bond acceptors (Lipinski definition) is 4. The number of anilines is 1. The Bertz CT molecular complexity index is 233. The summed E-state index contributed by atoms with van der Waals surface area (Å²) >= 11 is 0. The molecule has 0 atom stereocenters. The Hall–Kier alpha value is -1.32. The highest BCUT2D eigenvalue weighted by Crippen LogP contribution is 2.07. The highest BCUT2D eigenvalue weighted by Gasteiger charge is 1.97. The SMILES string of the molecule is COc1ccc(NC(C)C)nn1. The lowest BCUT2D eigenvalue weighted by Gasteiger charge is -2.07. The average Bonchev–Trinajstić information content (AvgIpc) is 2.05. The Labute approximate surface area is 72.0 Å². The molecule has 0 unspecified atom stereocenters. The van der Waals surface area contributed by atoms with Gasteiger partial charge in [-0.15, -0.1) is 10.2 Å². The van der Waals surface area contributed by atoms with Crippen molar-refractivity contribution >= 4 is 5.82 Å². The van der Waals surface area contributed by atoms with Gasteiger partial charge in [-0.1, -0.05) is 0 Å². The maximum absolute atomic E-state index is 4.87. The van der Waals surface area contributed by atoms with Gasteiger partial charge in [-0.3, -0.25) is 0 Å². The lowest BCUT2D eigenvalue weighted by Crippen LogP contribution is -2.11. The zero-order valence-corrected chi connectivity index (χ0v) is 7.53. The smallest absolute Gasteiger partial charge is 0.233 e. The Morgan fingerprint density at radius 2 is 2.08 bits per heavy atom. The van der Waals surface area contributed by atoms with Gasteiger partial charge in [0.05, 0.1) is 7.11 Å². The molecule has 66 valence electrons. The summed E-state index contributed by atoms with van der Waals surface area (Å²) in [6, 6.07) is 3.98. The molecule has 0 bridgehead atoms. The zero-order valence-electron chi connectivity index (χ0n) is 7.53. The molecule has 12 heavy (non-hydrogen) atoms. The van der Waals surface area contributed by atoms with Crippen LogP contribution >= 0.6 is 0 Å². The largest absolute Gasteiger partial charge is 0.480 e. The molecular formula is C8H13N3O. The molecule has 0 amide bonds. The molecule has 0 saturated carbocycles. The third-order valence-electron chi connectivity index (χ3n) is 1.29. The maximum atomic E-state index is 4.87. The molecule has 0 saturated heterocycles. The molecule has 0 aliphatic heterocycles. The first-order valence-electron chi connectivity index (χ1n) is 3.86. The fraction of sp³-hybridized carbons (Fsp3) is 0.500. The number of hydrogen-bond donors (Lipinski definition) is 1. The number of aromatic nitrogens is 2. The van der Waals surface area contributed by atoms with Gasteiger partial charge in [0.15, 0.2) is 0 Å². The van der Waals surface area contributed by atoms with Crippen LogP contribution in [-0.2, 0) is 0 Å². The Balaban J connectivity index is 2.65. The number of nitrogens with one attached hydrogen (secondary N) is 1. The summed E-state index contributed by atoms with van der Waals surface area (Å²) in [5.41, 5.74) is 0. The molecule has 0 aromatic carbocycles. The van der Waals surface area contributed by atoms with Crippen molar-refractivity contribution in [1.29, 1.82) is 0 Å². The monoisotopic (exact) mass is 167 g/mol. The predicted molar refractivity (Wildman–Crippen MR) is 47.3 cm³/mol. The summed E-state index contributed by atoms with van der Waals surface area (Å²) in [5.74, 6) is 1.30. The molecular weight excluding hydrogens is 154 g/mol. The molecule has 1 heterocycles. The van der Waals surface area contributed by atoms with E-state index < -0.39 is 0 Å². The molecule has 1 N–H and O–H groups in total. The van der Waals surface area contributed by atoms with Gasteiger partial charge in [-0.05, 0) is 19.9 Å². The van der Waals surface area contributed by atoms with Gasteiger partial charge in [-0.2, -0.15) is 0 Å². The fourth-order valence-electron chi connectivity index (χ4n) is 0.802. The van der Waals surface area contributed by atoms with Crippen LogP contribution < -0.4 is 10.1 Å². The summed E-state index contributed by atoms with van der Waals surface area (Å²) < 4.78 is 4.87. The van der Waals surface area contributed by atoms with E-state index in [0.29, 0.717) is 11.9 Å². The molecule has 0 spiro atoms. The van der Waals surface area contributed by atoms with E-state index in [0.717, 1.165) is 5.82 Å². The first-order valence-corrected chi connectivity index (χ1v) is 3.86. The van der Waals surface area contributed by atoms with Crippen molar-refractivity contribution in [2.24, 2.45) is 0 Å². The summed E-state index contributed by atoms with van der Waals surface area (Å²) in [6.07, 6.45) is 0. The topological polar surface area (TPSA) is 47.0 Å². The Morgan fingerprint density at radius 3 is 2.50 bits per heavy atom. The van der Waals surface area contributed by atoms with Gasteiger partial charge in [-0.25, -0.2) is 0 Å². The molecule has 4 heteroatoms. The fourth-order valence-corrected chi connectivity index (χ4v) is 0.802. The number of rotatable bonds is 3. The standard InChI is InChI=1S/C8H13N3O/c1-6(2)9-7-4-5-8(12-3)11-10-7/h4-6H,1-3H3,(H,9,10). The van der Waals surface area contributed by atoms with E-state index in [1.807, 2.05) is 19.9 Å². The van der Waals surface area contributed by atoms with Gasteiger partial charge in [0.2, 0.25) is 5.88 Å². The van der Waals surface area contributed by atoms with Crippen LogP contribution in [0.5, 0.6) is 5.88 Å². The molecule has 1 aromatic rings. The first kappa shape index (κ1) is 8.77. The minimum Gasteiger partial charge on any atom is -0.480 e. The van der Waals surface area contributed by atoms with Crippen molar-refractivity contribution in [3.8, 4) is 5.88 Å². The van der Waals surface area contributed by atoms with Crippen molar-refractivity contribution in [2.75, 3.05) is 12.4 Å². The van der Waals surface area contributed by atoms with Crippen LogP contribution in [0.4, 0.5) is 5.82 Å². The summed E-state index contributed by atoms with van der Waals surface area (Å²) in [6.45, 7) is 4.10. The number of methoxy groups -OCH3 is 1. The normalized spacial score (nSPS) is 10.0. The average molecular weight is 167 g/mol. The second kappa shape index (κ2) is 3.90. The summed E-state index contributed by atoms with van der Waals surface area (Å²) in [5, 5.41) is 10.8. The summed E-state index contributed by atoms with van der Waals surface area (Å²) in [7, 11) is 1.57. The predicted octanol–water partition coefficient (Wildman–Crippen LogP) is 1.31. The first-order chi connectivity index (χ1) is 5.72. The van der Waals surface area contributed by atoms with Crippen LogP contribution in [0.25, 0.3) is 0 Å². The number of nitrogens with zero attached hydrogens (tertiary/aromatic N) is 2. The Kier molecular flexibility index (Phi) is 2.85. The second-order valence-corrected chi connectivity index (χ2v) is 2.76. The van der Waals surface area contributed by atoms with Crippen LogP contribution in [0.1, 0.15) is 13.8 Å². The molecule has 4 nitrogen and oxygen atoms in total. The third kappa shape index (κ3) is 2.38. The third-order valence-corrected chi connectivity index (χ3v) is 1.29. The van der Waals surface area contributed by atoms with Gasteiger partial charge in [0, 0.05) is 12.1 Å². The van der Waals surface area contributed by atoms with Gasteiger partial charge in [0.1, 0.15) is 5.82 Å². The molecule has 0 aliphatic rings. The molecule has 1 aromatic heterocycles. The van der Waals surface area contributed by atoms with Crippen molar-refractivity contribution in [2.45, 2.75) is 19.9 Å². The maximum Gasteiger partial charge on any atom is 0.233 e. The van der Waals surface area contributed by atoms with Gasteiger partial charge in [0.25, 0.3) is 0 Å². The minimum atomic E-state index is 0.368. The highest BCUT2D eigenvalue weighted by atomic mass is 16.5. The van der Waals surface area contributed by atoms with Crippen LogP contribution in [0.2, 0.25) is 0 Å². The minimum absolute atomic E-state index is 0.368. The van der Waals surface area contributed by atoms with Crippen molar-refractivity contribution < 1.29 is 4.74 Å². The van der Waals surface area contributed by atoms with Crippen molar-refractivity contribution in [3.05, 3.63) is 12.1 Å². The summed E-state index contributed by atoms with van der Waals surface area (Å²) in [4.78, 5) is 0. The van der Waals surface area contributed by atoms with E-state index in [2.05, 4.69) is 15.5 Å².